The maximum absolute atomic E-state index is 6.75. The highest BCUT2D eigenvalue weighted by Crippen LogP contribution is 2.39. The minimum absolute atomic E-state index is 0.538. The lowest BCUT2D eigenvalue weighted by Gasteiger charge is -2.08. The topological polar surface area (TPSA) is 69.9 Å². The summed E-state index contributed by atoms with van der Waals surface area (Å²) in [5.41, 5.74) is 9.06. The molecular weight excluding hydrogens is 629 g/mol. The van der Waals surface area contributed by atoms with Crippen molar-refractivity contribution >= 4 is 65.7 Å². The Morgan fingerprint density at radius 2 is 0.961 bits per heavy atom. The average molecular weight is 655 g/mol. The summed E-state index contributed by atoms with van der Waals surface area (Å²) < 4.78 is 15.3. The van der Waals surface area contributed by atoms with E-state index in [2.05, 4.69) is 95.6 Å². The predicted octanol–water partition coefficient (Wildman–Crippen LogP) is 11.8. The third-order valence-corrected chi connectivity index (χ3v) is 9.87. The first kappa shape index (κ1) is 27.9. The highest BCUT2D eigenvalue weighted by atomic mass is 16.3. The molecule has 0 bridgehead atoms. The Kier molecular flexibility index (Phi) is 5.86. The zero-order valence-electron chi connectivity index (χ0n) is 27.1. The molecule has 6 nitrogen and oxygen atoms in total. The number of nitrogens with zero attached hydrogens (tertiary/aromatic N) is 4. The van der Waals surface area contributed by atoms with Gasteiger partial charge in [-0.15, -0.1) is 0 Å². The number of hydrogen-bond acceptors (Lipinski definition) is 5. The van der Waals surface area contributed by atoms with Crippen LogP contribution in [-0.2, 0) is 0 Å². The van der Waals surface area contributed by atoms with E-state index >= 15 is 0 Å². The number of rotatable bonds is 4. The van der Waals surface area contributed by atoms with Crippen LogP contribution in [0.1, 0.15) is 0 Å². The molecule has 0 aliphatic carbocycles. The SMILES string of the molecule is c1ccc(-c2nc(-c3ccc4c(c3)oc3ccccc34)nc(-c3cccc4c3oc3cc(-n5c6ccccc6c6ccccc65)ccc34)n2)cc1. The molecule has 4 aromatic heterocycles. The molecule has 11 rings (SSSR count). The first-order valence-electron chi connectivity index (χ1n) is 16.9. The normalized spacial score (nSPS) is 11.9. The van der Waals surface area contributed by atoms with Crippen LogP contribution in [0, 0.1) is 0 Å². The van der Waals surface area contributed by atoms with Gasteiger partial charge in [0.2, 0.25) is 0 Å². The molecule has 51 heavy (non-hydrogen) atoms. The minimum atomic E-state index is 0.538. The molecule has 0 N–H and O–H groups in total. The molecule has 0 spiro atoms. The van der Waals surface area contributed by atoms with Crippen molar-refractivity contribution < 1.29 is 8.83 Å². The lowest BCUT2D eigenvalue weighted by Crippen LogP contribution is -2.00. The summed E-state index contributed by atoms with van der Waals surface area (Å²) in [5.74, 6) is 1.68. The summed E-state index contributed by atoms with van der Waals surface area (Å²) in [6.45, 7) is 0. The van der Waals surface area contributed by atoms with Gasteiger partial charge in [0.1, 0.15) is 22.3 Å². The number of fused-ring (bicyclic) bond motifs is 9. The number of hydrogen-bond donors (Lipinski definition) is 0. The molecule has 0 saturated carbocycles. The van der Waals surface area contributed by atoms with Crippen molar-refractivity contribution in [3.63, 3.8) is 0 Å². The molecule has 4 heterocycles. The number of aromatic nitrogens is 4. The molecule has 0 saturated heterocycles. The summed E-state index contributed by atoms with van der Waals surface area (Å²) in [6.07, 6.45) is 0. The van der Waals surface area contributed by atoms with Crippen LogP contribution < -0.4 is 0 Å². The quantitative estimate of drug-likeness (QED) is 0.189. The van der Waals surface area contributed by atoms with Gasteiger partial charge in [-0.25, -0.2) is 15.0 Å². The Morgan fingerprint density at radius 1 is 0.373 bits per heavy atom. The van der Waals surface area contributed by atoms with Gasteiger partial charge in [-0.3, -0.25) is 0 Å². The molecule has 0 radical (unpaired) electrons. The Morgan fingerprint density at radius 3 is 1.76 bits per heavy atom. The second-order valence-electron chi connectivity index (χ2n) is 12.8. The zero-order valence-corrected chi connectivity index (χ0v) is 27.1. The molecule has 0 aliphatic heterocycles. The van der Waals surface area contributed by atoms with E-state index in [0.29, 0.717) is 17.5 Å². The second kappa shape index (κ2) is 10.7. The van der Waals surface area contributed by atoms with Crippen molar-refractivity contribution in [2.45, 2.75) is 0 Å². The molecule has 238 valence electrons. The van der Waals surface area contributed by atoms with Crippen molar-refractivity contribution in [1.29, 1.82) is 0 Å². The molecule has 0 amide bonds. The smallest absolute Gasteiger partial charge is 0.167 e. The van der Waals surface area contributed by atoms with E-state index in [1.807, 2.05) is 66.7 Å². The first-order valence-corrected chi connectivity index (χ1v) is 16.9. The van der Waals surface area contributed by atoms with E-state index < -0.39 is 0 Å². The Hall–Kier alpha value is -7.05. The third kappa shape index (κ3) is 4.26. The molecule has 6 heteroatoms. The van der Waals surface area contributed by atoms with E-state index in [4.69, 9.17) is 23.8 Å². The van der Waals surface area contributed by atoms with Crippen LogP contribution in [0.5, 0.6) is 0 Å². The van der Waals surface area contributed by atoms with Gasteiger partial charge in [0.15, 0.2) is 17.5 Å². The minimum Gasteiger partial charge on any atom is -0.456 e. The Bertz CT molecular complexity index is 3100. The lowest BCUT2D eigenvalue weighted by molar-refractivity contribution is 0.668. The fourth-order valence-corrected chi connectivity index (χ4v) is 7.51. The van der Waals surface area contributed by atoms with Crippen molar-refractivity contribution in [3.8, 4) is 39.9 Å². The Labute approximate surface area is 290 Å². The summed E-state index contributed by atoms with van der Waals surface area (Å²) in [7, 11) is 0. The third-order valence-electron chi connectivity index (χ3n) is 9.87. The van der Waals surface area contributed by atoms with Crippen molar-refractivity contribution in [2.75, 3.05) is 0 Å². The van der Waals surface area contributed by atoms with Gasteiger partial charge >= 0.3 is 0 Å². The molecule has 0 fully saturated rings. The molecule has 7 aromatic carbocycles. The van der Waals surface area contributed by atoms with Crippen LogP contribution in [-0.4, -0.2) is 19.5 Å². The van der Waals surface area contributed by atoms with Crippen molar-refractivity contribution in [1.82, 2.24) is 19.5 Å². The fourth-order valence-electron chi connectivity index (χ4n) is 7.51. The van der Waals surface area contributed by atoms with E-state index in [0.717, 1.165) is 77.3 Å². The van der Waals surface area contributed by atoms with Gasteiger partial charge in [-0.1, -0.05) is 103 Å². The zero-order chi connectivity index (χ0) is 33.5. The lowest BCUT2D eigenvalue weighted by atomic mass is 10.1. The van der Waals surface area contributed by atoms with Crippen molar-refractivity contribution in [2.24, 2.45) is 0 Å². The number of furan rings is 2. The number of benzene rings is 7. The van der Waals surface area contributed by atoms with Crippen LogP contribution in [0.15, 0.2) is 167 Å². The van der Waals surface area contributed by atoms with Gasteiger partial charge in [-0.2, -0.15) is 0 Å². The van der Waals surface area contributed by atoms with E-state index in [1.54, 1.807) is 0 Å². The summed E-state index contributed by atoms with van der Waals surface area (Å²) in [4.78, 5) is 15.1. The molecule has 0 aliphatic rings. The molecule has 0 unspecified atom stereocenters. The van der Waals surface area contributed by atoms with Gasteiger partial charge in [0, 0.05) is 55.2 Å². The molecule has 0 atom stereocenters. The molecule has 11 aromatic rings. The predicted molar refractivity (Wildman–Crippen MR) is 205 cm³/mol. The van der Waals surface area contributed by atoms with Crippen LogP contribution >= 0.6 is 0 Å². The molecular formula is C45H26N4O2. The van der Waals surface area contributed by atoms with Crippen LogP contribution in [0.4, 0.5) is 0 Å². The van der Waals surface area contributed by atoms with Crippen LogP contribution in [0.2, 0.25) is 0 Å². The summed E-state index contributed by atoms with van der Waals surface area (Å²) in [5, 5.41) is 6.61. The van der Waals surface area contributed by atoms with Gasteiger partial charge in [0.25, 0.3) is 0 Å². The van der Waals surface area contributed by atoms with E-state index in [1.165, 1.54) is 10.8 Å². The maximum Gasteiger partial charge on any atom is 0.167 e. The Balaban J connectivity index is 1.10. The number of para-hydroxylation sites is 4. The fraction of sp³-hybridized carbons (Fsp3) is 0. The summed E-state index contributed by atoms with van der Waals surface area (Å²) >= 11 is 0. The van der Waals surface area contributed by atoms with Crippen molar-refractivity contribution in [3.05, 3.63) is 158 Å². The van der Waals surface area contributed by atoms with Crippen LogP contribution in [0.3, 0.4) is 0 Å². The van der Waals surface area contributed by atoms with Crippen LogP contribution in [0.25, 0.3) is 106 Å². The monoisotopic (exact) mass is 654 g/mol. The maximum atomic E-state index is 6.75. The second-order valence-corrected chi connectivity index (χ2v) is 12.8. The average Bonchev–Trinajstić information content (AvgIpc) is 3.87. The standard InChI is InChI=1S/C45H26N4O2/c1-2-11-27(12-3-1)43-46-44(28-21-23-33-32-15-6-9-20-39(32)50-40(33)25-28)48-45(47-43)36-17-10-16-35-34-24-22-29(26-41(34)51-42(35)36)49-37-18-7-4-13-30(37)31-14-5-8-19-38(31)49/h1-26H. The van der Waals surface area contributed by atoms with E-state index in [-0.39, 0.29) is 0 Å². The highest BCUT2D eigenvalue weighted by molar-refractivity contribution is 6.12. The van der Waals surface area contributed by atoms with Gasteiger partial charge in [-0.05, 0) is 48.5 Å². The largest absolute Gasteiger partial charge is 0.456 e. The van der Waals surface area contributed by atoms with Gasteiger partial charge < -0.3 is 13.4 Å². The van der Waals surface area contributed by atoms with E-state index in [9.17, 15) is 0 Å². The highest BCUT2D eigenvalue weighted by Gasteiger charge is 2.20. The first-order chi connectivity index (χ1) is 25.3. The van der Waals surface area contributed by atoms with Gasteiger partial charge in [0.05, 0.1) is 16.6 Å². The summed E-state index contributed by atoms with van der Waals surface area (Å²) in [6, 6.07) is 53.9.